The summed E-state index contributed by atoms with van der Waals surface area (Å²) in [7, 11) is 0. The number of rotatable bonds is 2. The van der Waals surface area contributed by atoms with E-state index in [4.69, 9.17) is 4.42 Å². The quantitative estimate of drug-likeness (QED) is 0.394. The molecule has 98 valence electrons. The maximum Gasteiger partial charge on any atom is 2.00 e. The van der Waals surface area contributed by atoms with Crippen molar-refractivity contribution in [3.8, 4) is 0 Å². The van der Waals surface area contributed by atoms with Crippen LogP contribution in [-0.4, -0.2) is 17.5 Å². The van der Waals surface area contributed by atoms with E-state index >= 15 is 0 Å². The Bertz CT molecular complexity index is 693. The average Bonchev–Trinajstić information content (AvgIpc) is 2.85. The van der Waals surface area contributed by atoms with Gasteiger partial charge in [0.05, 0.1) is 11.8 Å². The van der Waals surface area contributed by atoms with E-state index in [-0.39, 0.29) is 49.2 Å². The van der Waals surface area contributed by atoms with E-state index in [1.807, 2.05) is 0 Å². The number of fused-ring (bicyclic) bond motifs is 1. The second-order valence-corrected chi connectivity index (χ2v) is 4.48. The Hall–Kier alpha value is -1.38. The van der Waals surface area contributed by atoms with Crippen LogP contribution in [0.2, 0.25) is 0 Å². The molecule has 1 aliphatic heterocycles. The summed E-state index contributed by atoms with van der Waals surface area (Å²) < 4.78 is 5.19. The summed E-state index contributed by atoms with van der Waals surface area (Å²) in [6.07, 6.45) is 2.09. The summed E-state index contributed by atoms with van der Waals surface area (Å²) in [5, 5.41) is 13.2. The van der Waals surface area contributed by atoms with Gasteiger partial charge in [-0.2, -0.15) is 5.56 Å². The van der Waals surface area contributed by atoms with Crippen LogP contribution in [0.5, 0.6) is 0 Å². The van der Waals surface area contributed by atoms with E-state index < -0.39 is 11.8 Å². The van der Waals surface area contributed by atoms with Crippen LogP contribution in [0.1, 0.15) is 18.4 Å². The Morgan fingerprint density at radius 3 is 3.00 bits per heavy atom. The molecule has 0 bridgehead atoms. The molecule has 3 rings (SSSR count). The van der Waals surface area contributed by atoms with Crippen molar-refractivity contribution in [2.75, 3.05) is 0 Å². The van der Waals surface area contributed by atoms with E-state index in [0.717, 1.165) is 5.39 Å². The molecule has 5 nitrogen and oxygen atoms in total. The molecule has 1 unspecified atom stereocenters. The SMILES string of the molecule is [N-]=C(c1[c-]cc2occc2c1)C1CCC(=O)NC1=O.[U+2]. The van der Waals surface area contributed by atoms with Gasteiger partial charge in [0.25, 0.3) is 0 Å². The standard InChI is InChI=1S/C14H10N2O3.U/c15-13(10-2-4-12(17)16-14(10)18)9-1-3-11-8(7-9)5-6-19-11;/h3,5-7,10H,2,4H2,(H,16,17,18);/q-2;+2. The van der Waals surface area contributed by atoms with Gasteiger partial charge >= 0.3 is 31.1 Å². The van der Waals surface area contributed by atoms with Gasteiger partial charge in [-0.1, -0.05) is 5.39 Å². The molecule has 1 N–H and O–H groups in total. The van der Waals surface area contributed by atoms with Crippen LogP contribution in [0, 0.1) is 43.1 Å². The third kappa shape index (κ3) is 2.72. The van der Waals surface area contributed by atoms with Crippen LogP contribution in [0.4, 0.5) is 0 Å². The summed E-state index contributed by atoms with van der Waals surface area (Å²) in [5.41, 5.74) is 1.05. The van der Waals surface area contributed by atoms with Crippen LogP contribution < -0.4 is 5.32 Å². The van der Waals surface area contributed by atoms with Gasteiger partial charge < -0.3 is 9.83 Å². The number of carbonyl (C=O) groups is 2. The molecule has 0 saturated carbocycles. The Morgan fingerprint density at radius 2 is 2.25 bits per heavy atom. The van der Waals surface area contributed by atoms with Gasteiger partial charge in [-0.3, -0.25) is 20.6 Å². The van der Waals surface area contributed by atoms with Gasteiger partial charge in [-0.15, -0.1) is 18.2 Å². The molecule has 0 aliphatic carbocycles. The fraction of sp³-hybridized carbons (Fsp3) is 0.214. The number of benzene rings is 1. The van der Waals surface area contributed by atoms with Gasteiger partial charge in [-0.25, -0.2) is 0 Å². The summed E-state index contributed by atoms with van der Waals surface area (Å²) >= 11 is 0. The summed E-state index contributed by atoms with van der Waals surface area (Å²) in [5.74, 6) is -1.46. The van der Waals surface area contributed by atoms with E-state index in [1.165, 1.54) is 0 Å². The first-order valence-electron chi connectivity index (χ1n) is 5.94. The van der Waals surface area contributed by atoms with E-state index in [1.54, 1.807) is 24.5 Å². The molecule has 20 heavy (non-hydrogen) atoms. The van der Waals surface area contributed by atoms with Gasteiger partial charge in [0.2, 0.25) is 11.8 Å². The van der Waals surface area contributed by atoms with Crippen molar-refractivity contribution in [2.45, 2.75) is 12.8 Å². The largest absolute Gasteiger partial charge is 2.00 e. The third-order valence-electron chi connectivity index (χ3n) is 3.23. The molecule has 1 aliphatic rings. The smallest absolute Gasteiger partial charge is 0.858 e. The Morgan fingerprint density at radius 1 is 1.45 bits per heavy atom. The Kier molecular flexibility index (Phi) is 4.46. The molecule has 2 heterocycles. The van der Waals surface area contributed by atoms with Crippen molar-refractivity contribution in [3.63, 3.8) is 0 Å². The number of furan rings is 1. The molecule has 1 saturated heterocycles. The van der Waals surface area contributed by atoms with Crippen LogP contribution in [0.15, 0.2) is 28.9 Å². The van der Waals surface area contributed by atoms with Crippen molar-refractivity contribution in [1.82, 2.24) is 5.32 Å². The van der Waals surface area contributed by atoms with Gasteiger partial charge in [0.15, 0.2) is 0 Å². The molecular formula is C14H10N2O3U. The summed E-state index contributed by atoms with van der Waals surface area (Å²) in [4.78, 5) is 22.8. The Balaban J connectivity index is 0.00000147. The predicted octanol–water partition coefficient (Wildman–Crippen LogP) is 1.64. The zero-order chi connectivity index (χ0) is 13.4. The minimum atomic E-state index is -0.696. The number of nitrogens with zero attached hydrogens (tertiary/aromatic N) is 1. The van der Waals surface area contributed by atoms with Crippen LogP contribution >= 0.6 is 0 Å². The van der Waals surface area contributed by atoms with Crippen LogP contribution in [-0.2, 0) is 9.59 Å². The topological polar surface area (TPSA) is 81.6 Å². The van der Waals surface area contributed by atoms with Crippen molar-refractivity contribution >= 4 is 28.5 Å². The molecule has 6 heteroatoms. The first-order chi connectivity index (χ1) is 9.15. The molecule has 1 aromatic carbocycles. The van der Waals surface area contributed by atoms with Crippen molar-refractivity contribution in [3.05, 3.63) is 41.5 Å². The van der Waals surface area contributed by atoms with Gasteiger partial charge in [-0.05, 0) is 12.5 Å². The minimum Gasteiger partial charge on any atom is -0.858 e. The third-order valence-corrected chi connectivity index (χ3v) is 3.23. The first kappa shape index (κ1) is 15.0. The van der Waals surface area contributed by atoms with Gasteiger partial charge in [0.1, 0.15) is 0 Å². The number of imide groups is 1. The molecule has 0 spiro atoms. The van der Waals surface area contributed by atoms with E-state index in [9.17, 15) is 15.0 Å². The van der Waals surface area contributed by atoms with Crippen molar-refractivity contribution in [1.29, 1.82) is 0 Å². The maximum atomic E-state index is 11.7. The molecular weight excluding hydrogens is 482 g/mol. The fourth-order valence-electron chi connectivity index (χ4n) is 2.20. The maximum absolute atomic E-state index is 11.7. The number of amides is 2. The summed E-state index contributed by atoms with van der Waals surface area (Å²) in [6.45, 7) is 0. The number of carbonyl (C=O) groups excluding carboxylic acids is 2. The molecule has 1 aromatic heterocycles. The molecule has 1 atom stereocenters. The van der Waals surface area contributed by atoms with Crippen LogP contribution in [0.25, 0.3) is 16.4 Å². The minimum absolute atomic E-state index is 0. The second-order valence-electron chi connectivity index (χ2n) is 4.48. The molecule has 1 fully saturated rings. The number of nitrogens with one attached hydrogen (secondary N) is 1. The number of hydrogen-bond acceptors (Lipinski definition) is 3. The van der Waals surface area contributed by atoms with Crippen molar-refractivity contribution in [2.24, 2.45) is 5.92 Å². The van der Waals surface area contributed by atoms with E-state index in [2.05, 4.69) is 11.4 Å². The van der Waals surface area contributed by atoms with E-state index in [0.29, 0.717) is 17.6 Å². The zero-order valence-corrected chi connectivity index (χ0v) is 14.6. The summed E-state index contributed by atoms with van der Waals surface area (Å²) in [6, 6.07) is 7.97. The monoisotopic (exact) mass is 492 g/mol. The number of piperidine rings is 1. The second kappa shape index (κ2) is 5.94. The van der Waals surface area contributed by atoms with Crippen molar-refractivity contribution < 1.29 is 45.1 Å². The molecule has 2 aromatic rings. The zero-order valence-electron chi connectivity index (χ0n) is 10.5. The Labute approximate surface area is 139 Å². The fourth-order valence-corrected chi connectivity index (χ4v) is 2.20. The predicted molar refractivity (Wildman–Crippen MR) is 68.4 cm³/mol. The first-order valence-corrected chi connectivity index (χ1v) is 5.94. The number of hydrogen-bond donors (Lipinski definition) is 1. The van der Waals surface area contributed by atoms with Crippen LogP contribution in [0.3, 0.4) is 0 Å². The normalized spacial score (nSPS) is 18.5. The van der Waals surface area contributed by atoms with Gasteiger partial charge in [0, 0.05) is 12.3 Å². The average molecular weight is 492 g/mol. The molecule has 2 amide bonds. The molecule has 0 radical (unpaired) electrons.